The topological polar surface area (TPSA) is 175 Å². The fraction of sp³-hybridized carbons (Fsp3) is 0.429. The van der Waals surface area contributed by atoms with Crippen molar-refractivity contribution in [2.24, 2.45) is 0 Å². The standard InChI is InChI=1S/C35H46N6O8/c42-28-10-1-20-38(32(28)46)24-6-16-36(17-7-25-39-21-2-11-29(43)33(39)47)14-5-15-37(18-8-26-40-22-3-12-30(44)34(40)48)19-9-27-41-23-4-13-31(45)35(41)49/h1-4,10-13,20-23,42-45H,5-9,14-19,24-27H2. The second kappa shape index (κ2) is 18.5. The van der Waals surface area contributed by atoms with Gasteiger partial charge in [0, 0.05) is 51.0 Å². The number of pyridine rings is 4. The van der Waals surface area contributed by atoms with E-state index in [9.17, 15) is 39.6 Å². The Balaban J connectivity index is 1.37. The number of aromatic nitrogens is 4. The number of hydrogen-bond donors (Lipinski definition) is 4. The molecule has 0 fully saturated rings. The van der Waals surface area contributed by atoms with Gasteiger partial charge in [-0.25, -0.2) is 0 Å². The zero-order chi connectivity index (χ0) is 35.2. The quantitative estimate of drug-likeness (QED) is 0.108. The molecule has 264 valence electrons. The summed E-state index contributed by atoms with van der Waals surface area (Å²) in [6, 6.07) is 12.0. The molecule has 4 aromatic heterocycles. The van der Waals surface area contributed by atoms with Gasteiger partial charge < -0.3 is 48.5 Å². The van der Waals surface area contributed by atoms with Crippen molar-refractivity contribution in [3.05, 3.63) is 115 Å². The number of rotatable bonds is 20. The molecular weight excluding hydrogens is 632 g/mol. The van der Waals surface area contributed by atoms with Crippen molar-refractivity contribution in [2.75, 3.05) is 39.3 Å². The zero-order valence-electron chi connectivity index (χ0n) is 27.6. The minimum atomic E-state index is -0.436. The molecule has 0 saturated heterocycles. The Hall–Kier alpha value is -5.08. The molecule has 14 nitrogen and oxygen atoms in total. The first-order valence-electron chi connectivity index (χ1n) is 16.6. The zero-order valence-corrected chi connectivity index (χ0v) is 27.6. The van der Waals surface area contributed by atoms with Gasteiger partial charge in [0.1, 0.15) is 0 Å². The lowest BCUT2D eigenvalue weighted by Crippen LogP contribution is -2.34. The molecule has 4 rings (SSSR count). The third-order valence-electron chi connectivity index (χ3n) is 8.44. The first kappa shape index (κ1) is 36.8. The van der Waals surface area contributed by atoms with E-state index < -0.39 is 22.2 Å². The molecule has 0 bridgehead atoms. The van der Waals surface area contributed by atoms with E-state index in [0.29, 0.717) is 78.0 Å². The summed E-state index contributed by atoms with van der Waals surface area (Å²) >= 11 is 0. The normalized spacial score (nSPS) is 11.5. The van der Waals surface area contributed by atoms with Crippen LogP contribution in [0.1, 0.15) is 32.1 Å². The lowest BCUT2D eigenvalue weighted by molar-refractivity contribution is 0.212. The molecule has 0 aliphatic rings. The molecule has 0 amide bonds. The van der Waals surface area contributed by atoms with Gasteiger partial charge >= 0.3 is 0 Å². The van der Waals surface area contributed by atoms with E-state index in [-0.39, 0.29) is 23.0 Å². The number of aromatic hydroxyl groups is 4. The largest absolute Gasteiger partial charge is 0.503 e. The van der Waals surface area contributed by atoms with Crippen LogP contribution in [0.5, 0.6) is 23.0 Å². The van der Waals surface area contributed by atoms with E-state index in [4.69, 9.17) is 0 Å². The molecule has 0 atom stereocenters. The maximum atomic E-state index is 12.3. The van der Waals surface area contributed by atoms with Gasteiger partial charge in [-0.05, 0) is 120 Å². The molecule has 4 aromatic rings. The molecule has 4 N–H and O–H groups in total. The van der Waals surface area contributed by atoms with Gasteiger partial charge in [-0.15, -0.1) is 0 Å². The predicted molar refractivity (Wildman–Crippen MR) is 185 cm³/mol. The van der Waals surface area contributed by atoms with E-state index in [2.05, 4.69) is 9.80 Å². The average Bonchev–Trinajstić information content (AvgIpc) is 3.08. The summed E-state index contributed by atoms with van der Waals surface area (Å²) < 4.78 is 5.93. The van der Waals surface area contributed by atoms with Crippen LogP contribution in [0, 0.1) is 0 Å². The SMILES string of the molecule is O=c1c(O)cccn1CCCN(CCCN(CCCn1cccc(O)c1=O)CCCn1cccc(O)c1=O)CCCn1cccc(O)c1=O. The average molecular weight is 679 g/mol. The molecular formula is C35H46N6O8. The first-order chi connectivity index (χ1) is 23.6. The Morgan fingerprint density at radius 3 is 0.857 bits per heavy atom. The Morgan fingerprint density at radius 1 is 0.388 bits per heavy atom. The number of aryl methyl sites for hydroxylation is 4. The molecule has 0 aliphatic carbocycles. The lowest BCUT2D eigenvalue weighted by atomic mass is 10.2. The maximum absolute atomic E-state index is 12.3. The van der Waals surface area contributed by atoms with E-state index in [1.807, 2.05) is 0 Å². The number of nitrogens with zero attached hydrogens (tertiary/aromatic N) is 6. The van der Waals surface area contributed by atoms with E-state index in [1.54, 1.807) is 49.1 Å². The van der Waals surface area contributed by atoms with Gasteiger partial charge in [0.05, 0.1) is 0 Å². The second-order valence-electron chi connectivity index (χ2n) is 12.0. The second-order valence-corrected chi connectivity index (χ2v) is 12.0. The highest BCUT2D eigenvalue weighted by Crippen LogP contribution is 2.07. The lowest BCUT2D eigenvalue weighted by Gasteiger charge is -2.26. The third kappa shape index (κ3) is 11.0. The summed E-state index contributed by atoms with van der Waals surface area (Å²) in [6.07, 6.45) is 10.0. The summed E-state index contributed by atoms with van der Waals surface area (Å²) in [4.78, 5) is 53.7. The third-order valence-corrected chi connectivity index (χ3v) is 8.44. The van der Waals surface area contributed by atoms with Crippen LogP contribution in [0.15, 0.2) is 92.5 Å². The molecule has 0 unspecified atom stereocenters. The van der Waals surface area contributed by atoms with Crippen molar-refractivity contribution in [3.8, 4) is 23.0 Å². The van der Waals surface area contributed by atoms with Crippen LogP contribution in [0.3, 0.4) is 0 Å². The summed E-state index contributed by atoms with van der Waals surface area (Å²) in [6.45, 7) is 5.92. The Kier molecular flexibility index (Phi) is 13.8. The van der Waals surface area contributed by atoms with Gasteiger partial charge in [0.2, 0.25) is 0 Å². The molecule has 49 heavy (non-hydrogen) atoms. The fourth-order valence-corrected chi connectivity index (χ4v) is 5.85. The van der Waals surface area contributed by atoms with Gasteiger partial charge in [-0.3, -0.25) is 19.2 Å². The highest BCUT2D eigenvalue weighted by Gasteiger charge is 2.12. The molecule has 0 radical (unpaired) electrons. The van der Waals surface area contributed by atoms with Crippen LogP contribution >= 0.6 is 0 Å². The first-order valence-corrected chi connectivity index (χ1v) is 16.6. The van der Waals surface area contributed by atoms with Crippen molar-refractivity contribution in [2.45, 2.75) is 58.3 Å². The summed E-state index contributed by atoms with van der Waals surface area (Å²) in [5.74, 6) is -1.17. The van der Waals surface area contributed by atoms with Crippen molar-refractivity contribution in [3.63, 3.8) is 0 Å². The van der Waals surface area contributed by atoms with Crippen LogP contribution in [-0.4, -0.2) is 87.8 Å². The van der Waals surface area contributed by atoms with Gasteiger partial charge in [0.25, 0.3) is 22.2 Å². The molecule has 0 aliphatic heterocycles. The van der Waals surface area contributed by atoms with Crippen LogP contribution < -0.4 is 22.2 Å². The van der Waals surface area contributed by atoms with Crippen LogP contribution in [0.2, 0.25) is 0 Å². The predicted octanol–water partition coefficient (Wildman–Crippen LogP) is 1.81. The van der Waals surface area contributed by atoms with Crippen LogP contribution in [0.25, 0.3) is 0 Å². The van der Waals surface area contributed by atoms with Crippen LogP contribution in [0.4, 0.5) is 0 Å². The minimum absolute atomic E-state index is 0.293. The number of hydrogen-bond acceptors (Lipinski definition) is 10. The van der Waals surface area contributed by atoms with E-state index in [1.165, 1.54) is 42.5 Å². The smallest absolute Gasteiger partial charge is 0.292 e. The van der Waals surface area contributed by atoms with Crippen molar-refractivity contribution in [1.29, 1.82) is 0 Å². The van der Waals surface area contributed by atoms with E-state index in [0.717, 1.165) is 19.5 Å². The Morgan fingerprint density at radius 2 is 0.612 bits per heavy atom. The van der Waals surface area contributed by atoms with Crippen molar-refractivity contribution in [1.82, 2.24) is 28.1 Å². The Bertz CT molecular complexity index is 1620. The van der Waals surface area contributed by atoms with E-state index >= 15 is 0 Å². The Labute approximate surface area is 283 Å². The summed E-state index contributed by atoms with van der Waals surface area (Å²) in [5.41, 5.74) is -1.74. The van der Waals surface area contributed by atoms with Gasteiger partial charge in [-0.1, -0.05) is 0 Å². The monoisotopic (exact) mass is 678 g/mol. The van der Waals surface area contributed by atoms with Crippen LogP contribution in [-0.2, 0) is 26.2 Å². The van der Waals surface area contributed by atoms with Crippen molar-refractivity contribution >= 4 is 0 Å². The minimum Gasteiger partial charge on any atom is -0.503 e. The molecule has 14 heteroatoms. The summed E-state index contributed by atoms with van der Waals surface area (Å²) in [5, 5.41) is 39.2. The summed E-state index contributed by atoms with van der Waals surface area (Å²) in [7, 11) is 0. The van der Waals surface area contributed by atoms with Gasteiger partial charge in [-0.2, -0.15) is 0 Å². The molecule has 4 heterocycles. The highest BCUT2D eigenvalue weighted by molar-refractivity contribution is 5.16. The van der Waals surface area contributed by atoms with Gasteiger partial charge in [0.15, 0.2) is 23.0 Å². The fourth-order valence-electron chi connectivity index (χ4n) is 5.85. The molecule has 0 saturated carbocycles. The highest BCUT2D eigenvalue weighted by atomic mass is 16.3. The molecule has 0 aromatic carbocycles. The maximum Gasteiger partial charge on any atom is 0.292 e. The van der Waals surface area contributed by atoms with Crippen molar-refractivity contribution < 1.29 is 20.4 Å². The molecule has 0 spiro atoms.